The van der Waals surface area contributed by atoms with Crippen molar-refractivity contribution in [3.8, 4) is 0 Å². The first kappa shape index (κ1) is 13.7. The fourth-order valence-corrected chi connectivity index (χ4v) is 3.33. The third-order valence-electron chi connectivity index (χ3n) is 4.39. The average Bonchev–Trinajstić information content (AvgIpc) is 2.57. The third kappa shape index (κ3) is 2.13. The van der Waals surface area contributed by atoms with E-state index in [9.17, 15) is 14.7 Å². The zero-order valence-electron chi connectivity index (χ0n) is 12.3. The molecule has 3 nitrogen and oxygen atoms in total. The minimum atomic E-state index is -1.20. The van der Waals surface area contributed by atoms with Crippen LogP contribution in [0.15, 0.2) is 54.6 Å². The number of ketones is 1. The van der Waals surface area contributed by atoms with Gasteiger partial charge in [-0.15, -0.1) is 0 Å². The minimum Gasteiger partial charge on any atom is -0.550 e. The van der Waals surface area contributed by atoms with Crippen molar-refractivity contribution in [1.82, 2.24) is 0 Å². The van der Waals surface area contributed by atoms with E-state index in [1.165, 1.54) is 0 Å². The first-order valence-electron chi connectivity index (χ1n) is 7.55. The van der Waals surface area contributed by atoms with Crippen LogP contribution in [0.3, 0.4) is 0 Å². The summed E-state index contributed by atoms with van der Waals surface area (Å²) in [4.78, 5) is 23.0. The standard InChI is InChI=1S/C20H14O3/c21-17(10-11-18(22)23)15-8-6-14-5-4-12-2-1-3-13-7-9-16(15)20(14)19(12)13/h1-9H,10-11H2,(H,22,23)/p-1. The molecule has 0 heterocycles. The molecule has 4 aromatic carbocycles. The molecule has 0 bridgehead atoms. The van der Waals surface area contributed by atoms with E-state index < -0.39 is 5.97 Å². The van der Waals surface area contributed by atoms with Gasteiger partial charge in [0.05, 0.1) is 0 Å². The van der Waals surface area contributed by atoms with E-state index in [0.717, 1.165) is 32.3 Å². The van der Waals surface area contributed by atoms with Crippen molar-refractivity contribution in [2.75, 3.05) is 0 Å². The molecular formula is C20H13O3-. The number of carboxylic acids is 1. The molecule has 0 aromatic heterocycles. The SMILES string of the molecule is O=C([O-])CCC(=O)c1ccc2ccc3cccc4ccc1c2c34. The van der Waals surface area contributed by atoms with Crippen LogP contribution >= 0.6 is 0 Å². The Labute approximate surface area is 132 Å². The predicted molar refractivity (Wildman–Crippen MR) is 88.7 cm³/mol. The van der Waals surface area contributed by atoms with Gasteiger partial charge in [-0.1, -0.05) is 54.6 Å². The summed E-state index contributed by atoms with van der Waals surface area (Å²) in [5.74, 6) is -1.36. The molecule has 4 aromatic rings. The van der Waals surface area contributed by atoms with Crippen LogP contribution in [0.2, 0.25) is 0 Å². The van der Waals surface area contributed by atoms with Crippen molar-refractivity contribution in [3.63, 3.8) is 0 Å². The number of benzene rings is 4. The van der Waals surface area contributed by atoms with E-state index in [1.807, 2.05) is 24.3 Å². The molecule has 0 aliphatic rings. The van der Waals surface area contributed by atoms with Crippen LogP contribution in [-0.4, -0.2) is 11.8 Å². The Morgan fingerprint density at radius 2 is 1.35 bits per heavy atom. The van der Waals surface area contributed by atoms with E-state index in [0.29, 0.717) is 5.56 Å². The Morgan fingerprint density at radius 1 is 0.739 bits per heavy atom. The maximum Gasteiger partial charge on any atom is 0.163 e. The van der Waals surface area contributed by atoms with E-state index in [1.54, 1.807) is 6.07 Å². The van der Waals surface area contributed by atoms with Crippen molar-refractivity contribution in [3.05, 3.63) is 60.2 Å². The van der Waals surface area contributed by atoms with Gasteiger partial charge in [-0.3, -0.25) is 4.79 Å². The highest BCUT2D eigenvalue weighted by Gasteiger charge is 2.14. The van der Waals surface area contributed by atoms with E-state index in [4.69, 9.17) is 0 Å². The number of Topliss-reactive ketones (excluding diaryl/α,β-unsaturated/α-hetero) is 1. The van der Waals surface area contributed by atoms with Crippen LogP contribution in [0.25, 0.3) is 32.3 Å². The average molecular weight is 301 g/mol. The highest BCUT2D eigenvalue weighted by atomic mass is 16.4. The minimum absolute atomic E-state index is 0.0354. The van der Waals surface area contributed by atoms with Gasteiger partial charge in [0.2, 0.25) is 0 Å². The summed E-state index contributed by atoms with van der Waals surface area (Å²) < 4.78 is 0. The Bertz CT molecular complexity index is 1050. The third-order valence-corrected chi connectivity index (χ3v) is 4.39. The zero-order valence-corrected chi connectivity index (χ0v) is 12.3. The van der Waals surface area contributed by atoms with Gasteiger partial charge in [0.25, 0.3) is 0 Å². The molecule has 0 aliphatic heterocycles. The molecule has 0 radical (unpaired) electrons. The van der Waals surface area contributed by atoms with Gasteiger partial charge in [-0.2, -0.15) is 0 Å². The van der Waals surface area contributed by atoms with Gasteiger partial charge in [0.15, 0.2) is 5.78 Å². The molecule has 0 spiro atoms. The number of carbonyl (C=O) groups excluding carboxylic acids is 2. The number of hydrogen-bond donors (Lipinski definition) is 0. The van der Waals surface area contributed by atoms with Crippen LogP contribution in [-0.2, 0) is 4.79 Å². The molecule has 23 heavy (non-hydrogen) atoms. The van der Waals surface area contributed by atoms with E-state index in [-0.39, 0.29) is 18.6 Å². The van der Waals surface area contributed by atoms with Crippen LogP contribution in [0, 0.1) is 0 Å². The number of hydrogen-bond acceptors (Lipinski definition) is 3. The Hall–Kier alpha value is -2.94. The van der Waals surface area contributed by atoms with Crippen molar-refractivity contribution < 1.29 is 14.7 Å². The predicted octanol–water partition coefficient (Wildman–Crippen LogP) is 3.30. The summed E-state index contributed by atoms with van der Waals surface area (Å²) in [6, 6.07) is 18.0. The molecule has 0 aliphatic carbocycles. The van der Waals surface area contributed by atoms with Crippen molar-refractivity contribution in [1.29, 1.82) is 0 Å². The second kappa shape index (κ2) is 5.06. The Balaban J connectivity index is 2.00. The first-order valence-corrected chi connectivity index (χ1v) is 7.55. The molecule has 4 rings (SSSR count). The lowest BCUT2D eigenvalue weighted by Gasteiger charge is -2.13. The number of carbonyl (C=O) groups is 2. The second-order valence-corrected chi connectivity index (χ2v) is 5.76. The molecule has 112 valence electrons. The maximum atomic E-state index is 12.4. The molecule has 0 fully saturated rings. The number of aliphatic carboxylic acids is 1. The fourth-order valence-electron chi connectivity index (χ4n) is 3.33. The van der Waals surface area contributed by atoms with Crippen molar-refractivity contribution in [2.45, 2.75) is 12.8 Å². The number of rotatable bonds is 4. The second-order valence-electron chi connectivity index (χ2n) is 5.76. The Morgan fingerprint density at radius 3 is 2.04 bits per heavy atom. The smallest absolute Gasteiger partial charge is 0.163 e. The maximum absolute atomic E-state index is 12.4. The zero-order chi connectivity index (χ0) is 16.0. The topological polar surface area (TPSA) is 57.2 Å². The van der Waals surface area contributed by atoms with Crippen molar-refractivity contribution >= 4 is 44.1 Å². The molecule has 0 N–H and O–H groups in total. The highest BCUT2D eigenvalue weighted by molar-refractivity contribution is 6.26. The van der Waals surface area contributed by atoms with E-state index >= 15 is 0 Å². The summed E-state index contributed by atoms with van der Waals surface area (Å²) in [5, 5.41) is 17.1. The largest absolute Gasteiger partial charge is 0.550 e. The lowest BCUT2D eigenvalue weighted by atomic mass is 9.90. The summed E-state index contributed by atoms with van der Waals surface area (Å²) >= 11 is 0. The molecule has 0 saturated heterocycles. The van der Waals surface area contributed by atoms with Gasteiger partial charge in [0.1, 0.15) is 0 Å². The van der Waals surface area contributed by atoms with Gasteiger partial charge < -0.3 is 9.90 Å². The molecule has 0 unspecified atom stereocenters. The van der Waals surface area contributed by atoms with Crippen LogP contribution in [0.5, 0.6) is 0 Å². The molecular weight excluding hydrogens is 288 g/mol. The van der Waals surface area contributed by atoms with Gasteiger partial charge >= 0.3 is 0 Å². The van der Waals surface area contributed by atoms with Gasteiger partial charge in [0, 0.05) is 18.0 Å². The number of carboxylic acid groups (broad SMARTS) is 1. The van der Waals surface area contributed by atoms with Crippen LogP contribution in [0.1, 0.15) is 23.2 Å². The van der Waals surface area contributed by atoms with Gasteiger partial charge in [-0.05, 0) is 38.7 Å². The molecule has 0 amide bonds. The summed E-state index contributed by atoms with van der Waals surface area (Å²) in [5.41, 5.74) is 0.581. The fraction of sp³-hybridized carbons (Fsp3) is 0.100. The monoisotopic (exact) mass is 301 g/mol. The lowest BCUT2D eigenvalue weighted by molar-refractivity contribution is -0.305. The van der Waals surface area contributed by atoms with Crippen LogP contribution in [0.4, 0.5) is 0 Å². The first-order chi connectivity index (χ1) is 11.1. The van der Waals surface area contributed by atoms with Crippen molar-refractivity contribution in [2.24, 2.45) is 0 Å². The molecule has 3 heteroatoms. The highest BCUT2D eigenvalue weighted by Crippen LogP contribution is 2.36. The lowest BCUT2D eigenvalue weighted by Crippen LogP contribution is -2.22. The molecule has 0 saturated carbocycles. The van der Waals surface area contributed by atoms with Crippen LogP contribution < -0.4 is 5.11 Å². The Kier molecular flexibility index (Phi) is 3.01. The summed E-state index contributed by atoms with van der Waals surface area (Å²) in [6.45, 7) is 0. The van der Waals surface area contributed by atoms with Gasteiger partial charge in [-0.25, -0.2) is 0 Å². The summed E-state index contributed by atoms with van der Waals surface area (Å²) in [7, 11) is 0. The van der Waals surface area contributed by atoms with E-state index in [2.05, 4.69) is 24.3 Å². The quantitative estimate of drug-likeness (QED) is 0.429. The molecule has 0 atom stereocenters. The summed E-state index contributed by atoms with van der Waals surface area (Å²) in [6.07, 6.45) is -0.285. The normalized spacial score (nSPS) is 11.5.